The molecule has 1 saturated heterocycles. The van der Waals surface area contributed by atoms with E-state index in [0.29, 0.717) is 19.5 Å². The molecular weight excluding hydrogens is 336 g/mol. The zero-order valence-corrected chi connectivity index (χ0v) is 16.1. The van der Waals surface area contributed by atoms with Crippen molar-refractivity contribution >= 4 is 15.9 Å². The molecule has 2 rings (SSSR count). The normalized spacial score (nSPS) is 20.2. The van der Waals surface area contributed by atoms with Crippen LogP contribution in [0.1, 0.15) is 45.1 Å². The molecule has 6 heteroatoms. The molecule has 25 heavy (non-hydrogen) atoms. The van der Waals surface area contributed by atoms with Gasteiger partial charge in [0, 0.05) is 19.1 Å². The number of aryl methyl sites for hydroxylation is 1. The average Bonchev–Trinajstić information content (AvgIpc) is 2.62. The van der Waals surface area contributed by atoms with E-state index in [1.54, 1.807) is 0 Å². The number of amides is 1. The molecule has 0 bridgehead atoms. The highest BCUT2D eigenvalue weighted by Crippen LogP contribution is 2.20. The maximum absolute atomic E-state index is 12.6. The van der Waals surface area contributed by atoms with Crippen LogP contribution >= 0.6 is 0 Å². The van der Waals surface area contributed by atoms with Gasteiger partial charge in [0.2, 0.25) is 15.9 Å². The number of carbonyl (C=O) groups excluding carboxylic acids is 1. The Kier molecular flexibility index (Phi) is 7.44. The number of rotatable bonds is 8. The summed E-state index contributed by atoms with van der Waals surface area (Å²) >= 11 is 0. The Morgan fingerprint density at radius 2 is 2.04 bits per heavy atom. The predicted octanol–water partition coefficient (Wildman–Crippen LogP) is 2.58. The Morgan fingerprint density at radius 3 is 2.72 bits per heavy atom. The molecule has 0 aromatic heterocycles. The highest BCUT2D eigenvalue weighted by Gasteiger charge is 2.32. The molecule has 1 heterocycles. The first kappa shape index (κ1) is 19.9. The monoisotopic (exact) mass is 366 g/mol. The number of benzene rings is 1. The molecule has 0 unspecified atom stereocenters. The predicted molar refractivity (Wildman–Crippen MR) is 101 cm³/mol. The van der Waals surface area contributed by atoms with Gasteiger partial charge in [-0.2, -0.15) is 0 Å². The lowest BCUT2D eigenvalue weighted by Gasteiger charge is -2.31. The summed E-state index contributed by atoms with van der Waals surface area (Å²) < 4.78 is 26.7. The molecule has 1 aromatic carbocycles. The summed E-state index contributed by atoms with van der Waals surface area (Å²) in [6, 6.07) is 10.1. The second kappa shape index (κ2) is 9.34. The molecule has 1 aliphatic rings. The van der Waals surface area contributed by atoms with Crippen LogP contribution in [0.2, 0.25) is 0 Å². The quantitative estimate of drug-likeness (QED) is 0.769. The minimum Gasteiger partial charge on any atom is -0.353 e. The van der Waals surface area contributed by atoms with Crippen LogP contribution in [0.25, 0.3) is 0 Å². The van der Waals surface area contributed by atoms with E-state index >= 15 is 0 Å². The smallest absolute Gasteiger partial charge is 0.224 e. The number of nitrogens with one attached hydrogen (secondary N) is 1. The van der Waals surface area contributed by atoms with Crippen LogP contribution in [0, 0.1) is 5.92 Å². The maximum atomic E-state index is 12.6. The molecule has 1 amide bonds. The molecule has 2 atom stereocenters. The van der Waals surface area contributed by atoms with Crippen LogP contribution in [0.3, 0.4) is 0 Å². The van der Waals surface area contributed by atoms with E-state index in [9.17, 15) is 13.2 Å². The van der Waals surface area contributed by atoms with Crippen LogP contribution in [0.4, 0.5) is 0 Å². The van der Waals surface area contributed by atoms with Crippen LogP contribution < -0.4 is 5.32 Å². The lowest BCUT2D eigenvalue weighted by Crippen LogP contribution is -2.47. The van der Waals surface area contributed by atoms with Gasteiger partial charge in [0.1, 0.15) is 0 Å². The number of sulfonamides is 1. The van der Waals surface area contributed by atoms with Gasteiger partial charge in [0.25, 0.3) is 0 Å². The van der Waals surface area contributed by atoms with Crippen LogP contribution in [-0.2, 0) is 21.2 Å². The van der Waals surface area contributed by atoms with Crippen molar-refractivity contribution in [3.63, 3.8) is 0 Å². The number of hydrogen-bond donors (Lipinski definition) is 1. The number of nitrogens with zero attached hydrogens (tertiary/aromatic N) is 1. The van der Waals surface area contributed by atoms with Gasteiger partial charge in [-0.25, -0.2) is 12.7 Å². The van der Waals surface area contributed by atoms with Gasteiger partial charge in [-0.15, -0.1) is 0 Å². The van der Waals surface area contributed by atoms with Crippen LogP contribution in [-0.4, -0.2) is 43.5 Å². The Balaban J connectivity index is 1.86. The van der Waals surface area contributed by atoms with Crippen LogP contribution in [0.15, 0.2) is 30.3 Å². The van der Waals surface area contributed by atoms with E-state index in [-0.39, 0.29) is 23.6 Å². The number of piperidine rings is 1. The summed E-state index contributed by atoms with van der Waals surface area (Å²) in [6.07, 6.45) is 3.74. The Bertz CT molecular complexity index is 646. The van der Waals surface area contributed by atoms with E-state index in [1.165, 1.54) is 4.31 Å². The van der Waals surface area contributed by atoms with Crippen molar-refractivity contribution in [3.8, 4) is 0 Å². The first-order valence-electron chi connectivity index (χ1n) is 9.24. The van der Waals surface area contributed by atoms with Gasteiger partial charge < -0.3 is 5.32 Å². The van der Waals surface area contributed by atoms with Gasteiger partial charge in [-0.1, -0.05) is 37.3 Å². The van der Waals surface area contributed by atoms with Crippen molar-refractivity contribution < 1.29 is 13.2 Å². The topological polar surface area (TPSA) is 66.5 Å². The molecule has 1 aromatic rings. The second-order valence-electron chi connectivity index (χ2n) is 6.92. The van der Waals surface area contributed by atoms with Crippen molar-refractivity contribution in [2.45, 2.75) is 52.0 Å². The average molecular weight is 367 g/mol. The first-order chi connectivity index (χ1) is 11.9. The molecule has 1 aliphatic heterocycles. The van der Waals surface area contributed by atoms with Crippen molar-refractivity contribution in [1.82, 2.24) is 9.62 Å². The minimum atomic E-state index is -3.30. The molecule has 0 saturated carbocycles. The van der Waals surface area contributed by atoms with Crippen molar-refractivity contribution in [1.29, 1.82) is 0 Å². The molecule has 0 spiro atoms. The molecule has 1 fully saturated rings. The fourth-order valence-electron chi connectivity index (χ4n) is 3.10. The van der Waals surface area contributed by atoms with Gasteiger partial charge in [-0.3, -0.25) is 4.79 Å². The molecule has 1 N–H and O–H groups in total. The summed E-state index contributed by atoms with van der Waals surface area (Å²) in [5.74, 6) is -0.105. The Hall–Kier alpha value is -1.40. The van der Waals surface area contributed by atoms with E-state index in [4.69, 9.17) is 0 Å². The van der Waals surface area contributed by atoms with Gasteiger partial charge in [0.15, 0.2) is 0 Å². The second-order valence-corrected chi connectivity index (χ2v) is 9.01. The SMILES string of the molecule is CC[C@@H](C)NC(=O)[C@@H]1CCCN(S(=O)(=O)CCCc2ccccc2)C1. The zero-order valence-electron chi connectivity index (χ0n) is 15.3. The Morgan fingerprint density at radius 1 is 1.32 bits per heavy atom. The van der Waals surface area contributed by atoms with Crippen molar-refractivity contribution in [3.05, 3.63) is 35.9 Å². The van der Waals surface area contributed by atoms with Crippen molar-refractivity contribution in [2.75, 3.05) is 18.8 Å². The maximum Gasteiger partial charge on any atom is 0.224 e. The number of hydrogen-bond acceptors (Lipinski definition) is 3. The van der Waals surface area contributed by atoms with Crippen LogP contribution in [0.5, 0.6) is 0 Å². The molecular formula is C19H30N2O3S. The lowest BCUT2D eigenvalue weighted by atomic mass is 9.98. The molecule has 0 aliphatic carbocycles. The lowest BCUT2D eigenvalue weighted by molar-refractivity contribution is -0.126. The largest absolute Gasteiger partial charge is 0.353 e. The highest BCUT2D eigenvalue weighted by atomic mass is 32.2. The number of carbonyl (C=O) groups is 1. The Labute approximate surface area is 151 Å². The summed E-state index contributed by atoms with van der Waals surface area (Å²) in [4.78, 5) is 12.3. The fraction of sp³-hybridized carbons (Fsp3) is 0.632. The van der Waals surface area contributed by atoms with Crippen molar-refractivity contribution in [2.24, 2.45) is 5.92 Å². The highest BCUT2D eigenvalue weighted by molar-refractivity contribution is 7.89. The van der Waals surface area contributed by atoms with E-state index in [0.717, 1.165) is 31.2 Å². The molecule has 140 valence electrons. The minimum absolute atomic E-state index is 0.0152. The molecule has 5 nitrogen and oxygen atoms in total. The summed E-state index contributed by atoms with van der Waals surface area (Å²) in [5.41, 5.74) is 1.15. The fourth-order valence-corrected chi connectivity index (χ4v) is 4.69. The zero-order chi connectivity index (χ0) is 18.3. The van der Waals surface area contributed by atoms with E-state index < -0.39 is 10.0 Å². The van der Waals surface area contributed by atoms with Gasteiger partial charge in [-0.05, 0) is 44.6 Å². The first-order valence-corrected chi connectivity index (χ1v) is 10.9. The van der Waals surface area contributed by atoms with Gasteiger partial charge in [0.05, 0.1) is 11.7 Å². The third-order valence-electron chi connectivity index (χ3n) is 4.86. The summed E-state index contributed by atoms with van der Waals surface area (Å²) in [6.45, 7) is 4.84. The molecule has 0 radical (unpaired) electrons. The summed E-state index contributed by atoms with van der Waals surface area (Å²) in [7, 11) is -3.30. The standard InChI is InChI=1S/C19H30N2O3S/c1-3-16(2)20-19(22)18-12-7-13-21(15-18)25(23,24)14-8-11-17-9-5-4-6-10-17/h4-6,9-10,16,18H,3,7-8,11-15H2,1-2H3,(H,20,22)/t16-,18-/m1/s1. The van der Waals surface area contributed by atoms with Gasteiger partial charge >= 0.3 is 0 Å². The third kappa shape index (κ3) is 6.12. The third-order valence-corrected chi connectivity index (χ3v) is 6.78. The van der Waals surface area contributed by atoms with E-state index in [2.05, 4.69) is 5.32 Å². The van der Waals surface area contributed by atoms with E-state index in [1.807, 2.05) is 44.2 Å². The summed E-state index contributed by atoms with van der Waals surface area (Å²) in [5, 5.41) is 2.98.